The van der Waals surface area contributed by atoms with Crippen molar-refractivity contribution in [2.45, 2.75) is 64.6 Å². The standard InChI is InChI=1S/C27H29N5O4Si/c1-4-27(35)21-11-23-24-19(12-31(23)25(33)20(21)13-36-26(27)34)17(18-7-5-6-8-22(18)29-24)9-10-37-14-32-16(3)28-15(2)30-32/h5-8,11,35H,4,9-10,12-14,37H2,1-3H3/t27-/m0/s1. The topological polar surface area (TPSA) is 112 Å². The van der Waals surface area contributed by atoms with Gasteiger partial charge in [-0.2, -0.15) is 5.10 Å². The lowest BCUT2D eigenvalue weighted by atomic mass is 9.86. The number of benzene rings is 1. The van der Waals surface area contributed by atoms with Crippen LogP contribution in [0.4, 0.5) is 0 Å². The average Bonchev–Trinajstić information content (AvgIpc) is 3.42. The number of nitrogens with zero attached hydrogens (tertiary/aromatic N) is 5. The van der Waals surface area contributed by atoms with Crippen LogP contribution in [-0.4, -0.2) is 44.9 Å². The second-order valence-electron chi connectivity index (χ2n) is 9.92. The molecule has 190 valence electrons. The maximum Gasteiger partial charge on any atom is 0.343 e. The lowest BCUT2D eigenvalue weighted by Crippen LogP contribution is -2.44. The van der Waals surface area contributed by atoms with Crippen molar-refractivity contribution < 1.29 is 14.6 Å². The van der Waals surface area contributed by atoms with E-state index in [0.717, 1.165) is 52.4 Å². The molecule has 10 heteroatoms. The molecule has 2 aliphatic rings. The molecule has 5 heterocycles. The fraction of sp³-hybridized carbons (Fsp3) is 0.370. The first-order chi connectivity index (χ1) is 17.8. The molecular formula is C27H29N5O4Si. The van der Waals surface area contributed by atoms with Crippen LogP contribution < -0.4 is 5.56 Å². The summed E-state index contributed by atoms with van der Waals surface area (Å²) >= 11 is 0. The van der Waals surface area contributed by atoms with Gasteiger partial charge < -0.3 is 14.4 Å². The van der Waals surface area contributed by atoms with Crippen LogP contribution in [0.2, 0.25) is 6.04 Å². The summed E-state index contributed by atoms with van der Waals surface area (Å²) in [6.07, 6.45) is 1.96. The molecule has 1 N–H and O–H groups in total. The number of pyridine rings is 2. The molecule has 0 aliphatic carbocycles. The van der Waals surface area contributed by atoms with Crippen LogP contribution in [-0.2, 0) is 40.9 Å². The lowest BCUT2D eigenvalue weighted by molar-refractivity contribution is -0.172. The zero-order chi connectivity index (χ0) is 25.9. The molecule has 9 nitrogen and oxygen atoms in total. The Morgan fingerprint density at radius 2 is 1.97 bits per heavy atom. The van der Waals surface area contributed by atoms with Gasteiger partial charge in [-0.25, -0.2) is 14.8 Å². The summed E-state index contributed by atoms with van der Waals surface area (Å²) in [4.78, 5) is 35.4. The van der Waals surface area contributed by atoms with E-state index in [0.29, 0.717) is 23.4 Å². The largest absolute Gasteiger partial charge is 0.458 e. The highest BCUT2D eigenvalue weighted by Crippen LogP contribution is 2.40. The first-order valence-corrected chi connectivity index (χ1v) is 14.8. The van der Waals surface area contributed by atoms with E-state index in [-0.39, 0.29) is 18.6 Å². The minimum atomic E-state index is -1.83. The van der Waals surface area contributed by atoms with Crippen molar-refractivity contribution in [3.8, 4) is 11.4 Å². The highest BCUT2D eigenvalue weighted by molar-refractivity contribution is 6.33. The van der Waals surface area contributed by atoms with E-state index in [1.165, 1.54) is 5.56 Å². The summed E-state index contributed by atoms with van der Waals surface area (Å²) < 4.78 is 8.93. The van der Waals surface area contributed by atoms with Crippen LogP contribution in [0, 0.1) is 13.8 Å². The van der Waals surface area contributed by atoms with E-state index in [1.54, 1.807) is 17.6 Å². The monoisotopic (exact) mass is 515 g/mol. The summed E-state index contributed by atoms with van der Waals surface area (Å²) in [6.45, 7) is 5.92. The van der Waals surface area contributed by atoms with E-state index in [2.05, 4.69) is 16.1 Å². The fourth-order valence-electron chi connectivity index (χ4n) is 5.73. The van der Waals surface area contributed by atoms with Gasteiger partial charge in [0.25, 0.3) is 5.56 Å². The van der Waals surface area contributed by atoms with Crippen molar-refractivity contribution in [2.24, 2.45) is 0 Å². The first-order valence-electron chi connectivity index (χ1n) is 12.8. The van der Waals surface area contributed by atoms with Crippen LogP contribution in [0.15, 0.2) is 35.1 Å². The molecule has 0 unspecified atom stereocenters. The van der Waals surface area contributed by atoms with Gasteiger partial charge in [0.2, 0.25) is 0 Å². The Bertz CT molecular complexity index is 1640. The molecule has 1 atom stereocenters. The number of para-hydroxylation sites is 1. The van der Waals surface area contributed by atoms with Crippen LogP contribution >= 0.6 is 0 Å². The van der Waals surface area contributed by atoms with Gasteiger partial charge in [-0.1, -0.05) is 31.2 Å². The number of aromatic nitrogens is 5. The molecule has 3 aromatic heterocycles. The number of carbonyl (C=O) groups is 1. The molecule has 0 radical (unpaired) electrons. The molecule has 0 spiro atoms. The van der Waals surface area contributed by atoms with Gasteiger partial charge >= 0.3 is 5.97 Å². The third-order valence-corrected chi connectivity index (χ3v) is 9.32. The van der Waals surface area contributed by atoms with Gasteiger partial charge in [0.05, 0.1) is 29.0 Å². The van der Waals surface area contributed by atoms with Crippen molar-refractivity contribution in [1.82, 2.24) is 24.3 Å². The van der Waals surface area contributed by atoms with E-state index < -0.39 is 21.1 Å². The number of rotatable bonds is 6. The maximum absolute atomic E-state index is 13.6. The van der Waals surface area contributed by atoms with Gasteiger partial charge in [-0.3, -0.25) is 9.48 Å². The Kier molecular flexibility index (Phi) is 5.61. The predicted octanol–water partition coefficient (Wildman–Crippen LogP) is 2.08. The van der Waals surface area contributed by atoms with Crippen molar-refractivity contribution in [2.75, 3.05) is 0 Å². The first kappa shape index (κ1) is 23.7. The van der Waals surface area contributed by atoms with E-state index in [4.69, 9.17) is 9.72 Å². The summed E-state index contributed by atoms with van der Waals surface area (Å²) in [7, 11) is -0.446. The van der Waals surface area contributed by atoms with Gasteiger partial charge in [0.1, 0.15) is 18.3 Å². The Balaban J connectivity index is 1.41. The van der Waals surface area contributed by atoms with Crippen molar-refractivity contribution in [1.29, 1.82) is 0 Å². The average molecular weight is 516 g/mol. The molecule has 37 heavy (non-hydrogen) atoms. The second-order valence-corrected chi connectivity index (χ2v) is 11.8. The number of hydrogen-bond acceptors (Lipinski definition) is 7. The highest BCUT2D eigenvalue weighted by Gasteiger charge is 2.45. The van der Waals surface area contributed by atoms with Gasteiger partial charge in [0.15, 0.2) is 5.60 Å². The molecule has 0 saturated heterocycles. The van der Waals surface area contributed by atoms with Crippen molar-refractivity contribution >= 4 is 26.4 Å². The third-order valence-electron chi connectivity index (χ3n) is 7.72. The lowest BCUT2D eigenvalue weighted by Gasteiger charge is -2.31. The Labute approximate surface area is 216 Å². The zero-order valence-electron chi connectivity index (χ0n) is 21.2. The highest BCUT2D eigenvalue weighted by atomic mass is 28.2. The number of carbonyl (C=O) groups excluding carboxylic acids is 1. The van der Waals surface area contributed by atoms with Crippen LogP contribution in [0.5, 0.6) is 0 Å². The van der Waals surface area contributed by atoms with Gasteiger partial charge in [-0.15, -0.1) is 0 Å². The summed E-state index contributed by atoms with van der Waals surface area (Å²) in [5, 5.41) is 16.7. The van der Waals surface area contributed by atoms with Gasteiger partial charge in [-0.05, 0) is 44.4 Å². The van der Waals surface area contributed by atoms with E-state index in [1.807, 2.05) is 36.7 Å². The molecule has 6 rings (SSSR count). The Morgan fingerprint density at radius 1 is 1.16 bits per heavy atom. The Hall–Kier alpha value is -3.63. The van der Waals surface area contributed by atoms with Crippen LogP contribution in [0.3, 0.4) is 0 Å². The van der Waals surface area contributed by atoms with Gasteiger partial charge in [0, 0.05) is 32.2 Å². The predicted molar refractivity (Wildman–Crippen MR) is 141 cm³/mol. The smallest absolute Gasteiger partial charge is 0.343 e. The SMILES string of the molecule is CC[C@@]1(O)C(=O)OCc2c1cc1n(c2=O)Cc2c-1nc1ccccc1c2CC[SiH2]Cn1nc(C)nc1C. The molecule has 0 fully saturated rings. The summed E-state index contributed by atoms with van der Waals surface area (Å²) in [6, 6.07) is 11.0. The van der Waals surface area contributed by atoms with E-state index >= 15 is 0 Å². The quantitative estimate of drug-likeness (QED) is 0.209. The minimum absolute atomic E-state index is 0.124. The second kappa shape index (κ2) is 8.74. The van der Waals surface area contributed by atoms with Crippen molar-refractivity contribution in [3.63, 3.8) is 0 Å². The minimum Gasteiger partial charge on any atom is -0.458 e. The molecule has 4 aromatic rings. The molecule has 2 aliphatic heterocycles. The third kappa shape index (κ3) is 3.65. The number of aryl methyl sites for hydroxylation is 3. The van der Waals surface area contributed by atoms with Crippen LogP contribution in [0.1, 0.15) is 47.2 Å². The number of hydrogen-bond donors (Lipinski definition) is 1. The number of esters is 1. The van der Waals surface area contributed by atoms with Crippen LogP contribution in [0.25, 0.3) is 22.3 Å². The van der Waals surface area contributed by atoms with E-state index in [9.17, 15) is 14.7 Å². The maximum atomic E-state index is 13.6. The fourth-order valence-corrected chi connectivity index (χ4v) is 7.29. The molecule has 1 aromatic carbocycles. The normalized spacial score (nSPS) is 18.3. The summed E-state index contributed by atoms with van der Waals surface area (Å²) in [5.41, 5.74) is 3.19. The number of cyclic esters (lactones) is 1. The molecular weight excluding hydrogens is 486 g/mol. The number of ether oxygens (including phenoxy) is 1. The Morgan fingerprint density at radius 3 is 2.73 bits per heavy atom. The zero-order valence-corrected chi connectivity index (χ0v) is 22.7. The number of fused-ring (bicyclic) bond motifs is 5. The summed E-state index contributed by atoms with van der Waals surface area (Å²) in [5.74, 6) is 1.05. The van der Waals surface area contributed by atoms with Crippen molar-refractivity contribution in [3.05, 3.63) is 74.6 Å². The number of aliphatic hydroxyl groups is 1. The molecule has 0 saturated carbocycles. The molecule has 0 bridgehead atoms. The molecule has 0 amide bonds.